The molecule has 0 bridgehead atoms. The normalized spacial score (nSPS) is 13.1. The summed E-state index contributed by atoms with van der Waals surface area (Å²) in [7, 11) is 0. The first-order valence-electron chi connectivity index (χ1n) is 16.3. The Morgan fingerprint density at radius 2 is 0.915 bits per heavy atom. The molecular weight excluding hydrogens is 569 g/mol. The monoisotopic (exact) mass is 600 g/mol. The summed E-state index contributed by atoms with van der Waals surface area (Å²) in [5.74, 6) is 0.740. The van der Waals surface area contributed by atoms with E-state index < -0.39 is 0 Å². The van der Waals surface area contributed by atoms with Crippen LogP contribution in [0.1, 0.15) is 25.0 Å². The Balaban J connectivity index is 1.28. The van der Waals surface area contributed by atoms with E-state index in [0.29, 0.717) is 0 Å². The Labute approximate surface area is 275 Å². The van der Waals surface area contributed by atoms with E-state index in [0.717, 1.165) is 33.9 Å². The van der Waals surface area contributed by atoms with Crippen molar-refractivity contribution in [1.82, 2.24) is 9.97 Å². The van der Waals surface area contributed by atoms with Gasteiger partial charge in [-0.1, -0.05) is 147 Å². The van der Waals surface area contributed by atoms with Gasteiger partial charge in [-0.15, -0.1) is 0 Å². The van der Waals surface area contributed by atoms with Crippen molar-refractivity contribution >= 4 is 21.5 Å². The van der Waals surface area contributed by atoms with Gasteiger partial charge in [0.1, 0.15) is 0 Å². The standard InChI is InChI=1S/C45H32N2/c1-45(2)40-28-35-17-7-6-16-34(35)27-39(40)43-41(45)42(38-24-12-18-30-15-8-9-23-37(30)38)46-44(47-43)36-22-11-21-33(26-36)32-20-10-19-31(25-32)29-13-4-3-5-14-29/h3-28H,1-2H3. The molecule has 1 aliphatic carbocycles. The Bertz CT molecular complexity index is 2490. The third kappa shape index (κ3) is 4.48. The molecule has 222 valence electrons. The van der Waals surface area contributed by atoms with Gasteiger partial charge in [-0.25, -0.2) is 9.97 Å². The van der Waals surface area contributed by atoms with Crippen LogP contribution in [0.5, 0.6) is 0 Å². The molecule has 0 saturated heterocycles. The lowest BCUT2D eigenvalue weighted by molar-refractivity contribution is 0.658. The first-order chi connectivity index (χ1) is 23.0. The molecule has 7 aromatic carbocycles. The molecule has 9 rings (SSSR count). The van der Waals surface area contributed by atoms with Gasteiger partial charge >= 0.3 is 0 Å². The minimum atomic E-state index is -0.279. The van der Waals surface area contributed by atoms with Gasteiger partial charge in [-0.2, -0.15) is 0 Å². The third-order valence-corrected chi connectivity index (χ3v) is 9.82. The van der Waals surface area contributed by atoms with Crippen LogP contribution in [0, 0.1) is 0 Å². The number of hydrogen-bond acceptors (Lipinski definition) is 2. The molecule has 0 atom stereocenters. The van der Waals surface area contributed by atoms with Crippen LogP contribution in [0.25, 0.3) is 77.7 Å². The molecule has 0 aliphatic heterocycles. The van der Waals surface area contributed by atoms with Gasteiger partial charge in [0.05, 0.1) is 11.4 Å². The van der Waals surface area contributed by atoms with E-state index in [1.807, 2.05) is 0 Å². The molecule has 0 N–H and O–H groups in total. The zero-order valence-electron chi connectivity index (χ0n) is 26.4. The van der Waals surface area contributed by atoms with Crippen LogP contribution in [0.15, 0.2) is 158 Å². The third-order valence-electron chi connectivity index (χ3n) is 9.82. The number of fused-ring (bicyclic) bond motifs is 5. The van der Waals surface area contributed by atoms with E-state index in [2.05, 4.69) is 172 Å². The van der Waals surface area contributed by atoms with Crippen molar-refractivity contribution < 1.29 is 0 Å². The van der Waals surface area contributed by atoms with E-state index in [1.165, 1.54) is 54.9 Å². The first-order valence-corrected chi connectivity index (χ1v) is 16.3. The summed E-state index contributed by atoms with van der Waals surface area (Å²) in [4.78, 5) is 10.9. The van der Waals surface area contributed by atoms with Crippen molar-refractivity contribution in [2.75, 3.05) is 0 Å². The zero-order chi connectivity index (χ0) is 31.5. The lowest BCUT2D eigenvalue weighted by atomic mass is 9.80. The maximum atomic E-state index is 5.47. The SMILES string of the molecule is CC1(C)c2cc3ccccc3cc2-c2nc(-c3cccc(-c4cccc(-c5ccccc5)c4)c3)nc(-c3cccc4ccccc34)c21. The topological polar surface area (TPSA) is 25.8 Å². The average Bonchev–Trinajstić information content (AvgIpc) is 3.35. The Hall–Kier alpha value is -5.86. The minimum Gasteiger partial charge on any atom is -0.228 e. The largest absolute Gasteiger partial charge is 0.228 e. The van der Waals surface area contributed by atoms with Crippen molar-refractivity contribution in [3.8, 4) is 56.2 Å². The lowest BCUT2D eigenvalue weighted by Gasteiger charge is -2.24. The number of nitrogens with zero attached hydrogens (tertiary/aromatic N) is 2. The molecule has 0 fully saturated rings. The van der Waals surface area contributed by atoms with E-state index in [-0.39, 0.29) is 5.41 Å². The lowest BCUT2D eigenvalue weighted by Crippen LogP contribution is -2.17. The van der Waals surface area contributed by atoms with Crippen molar-refractivity contribution in [2.45, 2.75) is 19.3 Å². The second kappa shape index (κ2) is 10.6. The number of hydrogen-bond donors (Lipinski definition) is 0. The zero-order valence-corrected chi connectivity index (χ0v) is 26.4. The summed E-state index contributed by atoms with van der Waals surface area (Å²) in [5.41, 5.74) is 12.3. The maximum Gasteiger partial charge on any atom is 0.160 e. The summed E-state index contributed by atoms with van der Waals surface area (Å²) in [6, 6.07) is 56.5. The molecule has 8 aromatic rings. The number of benzene rings is 7. The van der Waals surface area contributed by atoms with Crippen LogP contribution in [0.2, 0.25) is 0 Å². The van der Waals surface area contributed by atoms with Crippen LogP contribution >= 0.6 is 0 Å². The summed E-state index contributed by atoms with van der Waals surface area (Å²) >= 11 is 0. The predicted octanol–water partition coefficient (Wildman–Crippen LogP) is 11.8. The van der Waals surface area contributed by atoms with Crippen LogP contribution in [-0.4, -0.2) is 9.97 Å². The fraction of sp³-hybridized carbons (Fsp3) is 0.0667. The maximum absolute atomic E-state index is 5.47. The van der Waals surface area contributed by atoms with Crippen LogP contribution in [-0.2, 0) is 5.41 Å². The fourth-order valence-corrected chi connectivity index (χ4v) is 7.44. The molecule has 0 unspecified atom stereocenters. The van der Waals surface area contributed by atoms with Gasteiger partial charge in [-0.05, 0) is 73.6 Å². The molecule has 1 aromatic heterocycles. The molecule has 47 heavy (non-hydrogen) atoms. The Kier molecular flexibility index (Phi) is 6.20. The van der Waals surface area contributed by atoms with Gasteiger partial charge in [0.15, 0.2) is 5.82 Å². The molecule has 2 nitrogen and oxygen atoms in total. The highest BCUT2D eigenvalue weighted by molar-refractivity contribution is 6.00. The van der Waals surface area contributed by atoms with Crippen LogP contribution < -0.4 is 0 Å². The highest BCUT2D eigenvalue weighted by Gasteiger charge is 2.40. The molecular formula is C45H32N2. The molecule has 0 radical (unpaired) electrons. The summed E-state index contributed by atoms with van der Waals surface area (Å²) in [6.45, 7) is 4.65. The predicted molar refractivity (Wildman–Crippen MR) is 196 cm³/mol. The minimum absolute atomic E-state index is 0.279. The van der Waals surface area contributed by atoms with E-state index in [9.17, 15) is 0 Å². The van der Waals surface area contributed by atoms with Gasteiger partial charge in [0.2, 0.25) is 0 Å². The highest BCUT2D eigenvalue weighted by atomic mass is 14.9. The second-order valence-electron chi connectivity index (χ2n) is 13.0. The fourth-order valence-electron chi connectivity index (χ4n) is 7.44. The Morgan fingerprint density at radius 3 is 1.66 bits per heavy atom. The molecule has 1 aliphatic rings. The van der Waals surface area contributed by atoms with Crippen molar-refractivity contribution in [2.24, 2.45) is 0 Å². The van der Waals surface area contributed by atoms with E-state index in [1.54, 1.807) is 0 Å². The van der Waals surface area contributed by atoms with E-state index in [4.69, 9.17) is 9.97 Å². The molecule has 1 heterocycles. The number of aromatic nitrogens is 2. The summed E-state index contributed by atoms with van der Waals surface area (Å²) in [5, 5.41) is 4.88. The highest BCUT2D eigenvalue weighted by Crippen LogP contribution is 2.53. The van der Waals surface area contributed by atoms with Crippen molar-refractivity contribution in [3.63, 3.8) is 0 Å². The van der Waals surface area contributed by atoms with Crippen molar-refractivity contribution in [3.05, 3.63) is 169 Å². The van der Waals surface area contributed by atoms with Gasteiger partial charge < -0.3 is 0 Å². The molecule has 0 saturated carbocycles. The first kappa shape index (κ1) is 27.5. The smallest absolute Gasteiger partial charge is 0.160 e. The van der Waals surface area contributed by atoms with Gasteiger partial charge in [0.25, 0.3) is 0 Å². The summed E-state index contributed by atoms with van der Waals surface area (Å²) < 4.78 is 0. The van der Waals surface area contributed by atoms with Crippen molar-refractivity contribution in [1.29, 1.82) is 0 Å². The molecule has 2 heteroatoms. The van der Waals surface area contributed by atoms with Gasteiger partial charge in [0, 0.05) is 27.7 Å². The molecule has 0 amide bonds. The average molecular weight is 601 g/mol. The summed E-state index contributed by atoms with van der Waals surface area (Å²) in [6.07, 6.45) is 0. The van der Waals surface area contributed by atoms with Crippen LogP contribution in [0.3, 0.4) is 0 Å². The van der Waals surface area contributed by atoms with Gasteiger partial charge in [-0.3, -0.25) is 0 Å². The number of rotatable bonds is 4. The van der Waals surface area contributed by atoms with Crippen LogP contribution in [0.4, 0.5) is 0 Å². The second-order valence-corrected chi connectivity index (χ2v) is 13.0. The quantitative estimate of drug-likeness (QED) is 0.201. The Morgan fingerprint density at radius 1 is 0.404 bits per heavy atom. The van der Waals surface area contributed by atoms with E-state index >= 15 is 0 Å². The molecule has 0 spiro atoms.